The van der Waals surface area contributed by atoms with Gasteiger partial charge in [-0.25, -0.2) is 4.39 Å². The van der Waals surface area contributed by atoms with Crippen LogP contribution >= 0.6 is 15.9 Å². The fourth-order valence-corrected chi connectivity index (χ4v) is 2.11. The van der Waals surface area contributed by atoms with Crippen molar-refractivity contribution in [2.75, 3.05) is 5.32 Å². The van der Waals surface area contributed by atoms with Crippen LogP contribution in [-0.4, -0.2) is 9.78 Å². The molecule has 0 aliphatic carbocycles. The molecule has 0 aliphatic rings. The summed E-state index contributed by atoms with van der Waals surface area (Å²) in [7, 11) is 0. The summed E-state index contributed by atoms with van der Waals surface area (Å²) in [5, 5.41) is 7.67. The SMILES string of the molecule is CCC(C)n1ccc(CNc2cc(F)ccc2Br)n1. The van der Waals surface area contributed by atoms with Crippen LogP contribution in [0.25, 0.3) is 0 Å². The Morgan fingerprint density at radius 3 is 2.95 bits per heavy atom. The number of nitrogens with zero attached hydrogens (tertiary/aromatic N) is 2. The number of halogens is 2. The third-order valence-corrected chi connectivity index (χ3v) is 3.79. The molecule has 0 saturated carbocycles. The van der Waals surface area contributed by atoms with Gasteiger partial charge in [0.25, 0.3) is 0 Å². The molecule has 1 atom stereocenters. The summed E-state index contributed by atoms with van der Waals surface area (Å²) in [4.78, 5) is 0. The van der Waals surface area contributed by atoms with E-state index in [9.17, 15) is 4.39 Å². The molecular formula is C14H17BrFN3. The molecule has 2 aromatic rings. The van der Waals surface area contributed by atoms with Crippen molar-refractivity contribution in [3.63, 3.8) is 0 Å². The molecule has 102 valence electrons. The van der Waals surface area contributed by atoms with E-state index in [-0.39, 0.29) is 5.82 Å². The van der Waals surface area contributed by atoms with Gasteiger partial charge in [-0.05, 0) is 53.5 Å². The first-order chi connectivity index (χ1) is 9.10. The van der Waals surface area contributed by atoms with Gasteiger partial charge in [-0.15, -0.1) is 0 Å². The van der Waals surface area contributed by atoms with Gasteiger partial charge < -0.3 is 5.32 Å². The molecule has 5 heteroatoms. The smallest absolute Gasteiger partial charge is 0.125 e. The fourth-order valence-electron chi connectivity index (χ4n) is 1.72. The van der Waals surface area contributed by atoms with Crippen LogP contribution in [0.3, 0.4) is 0 Å². The molecule has 0 spiro atoms. The van der Waals surface area contributed by atoms with Crippen LogP contribution in [-0.2, 0) is 6.54 Å². The number of hydrogen-bond acceptors (Lipinski definition) is 2. The summed E-state index contributed by atoms with van der Waals surface area (Å²) in [6, 6.07) is 6.96. The van der Waals surface area contributed by atoms with Crippen LogP contribution in [0, 0.1) is 5.82 Å². The maximum absolute atomic E-state index is 13.1. The third-order valence-electron chi connectivity index (χ3n) is 3.09. The van der Waals surface area contributed by atoms with E-state index >= 15 is 0 Å². The van der Waals surface area contributed by atoms with E-state index in [2.05, 4.69) is 40.2 Å². The first-order valence-corrected chi connectivity index (χ1v) is 7.12. The molecule has 19 heavy (non-hydrogen) atoms. The molecule has 1 heterocycles. The Balaban J connectivity index is 2.02. The first kappa shape index (κ1) is 14.1. The van der Waals surface area contributed by atoms with E-state index in [0.717, 1.165) is 22.3 Å². The van der Waals surface area contributed by atoms with Crippen molar-refractivity contribution in [3.8, 4) is 0 Å². The minimum absolute atomic E-state index is 0.254. The van der Waals surface area contributed by atoms with Gasteiger partial charge in [0.15, 0.2) is 0 Å². The second kappa shape index (κ2) is 6.19. The summed E-state index contributed by atoms with van der Waals surface area (Å²) in [6.07, 6.45) is 3.02. The maximum atomic E-state index is 13.1. The molecule has 0 saturated heterocycles. The van der Waals surface area contributed by atoms with E-state index in [4.69, 9.17) is 0 Å². The number of benzene rings is 1. The molecule has 0 radical (unpaired) electrons. The van der Waals surface area contributed by atoms with Crippen molar-refractivity contribution in [2.45, 2.75) is 32.9 Å². The highest BCUT2D eigenvalue weighted by molar-refractivity contribution is 9.10. The van der Waals surface area contributed by atoms with E-state index in [0.29, 0.717) is 12.6 Å². The average Bonchev–Trinajstić information content (AvgIpc) is 2.88. The Morgan fingerprint density at radius 2 is 2.21 bits per heavy atom. The van der Waals surface area contributed by atoms with Crippen molar-refractivity contribution in [3.05, 3.63) is 46.4 Å². The maximum Gasteiger partial charge on any atom is 0.125 e. The molecule has 1 unspecified atom stereocenters. The quantitative estimate of drug-likeness (QED) is 0.884. The zero-order valence-electron chi connectivity index (χ0n) is 11.0. The molecule has 1 aromatic carbocycles. The Morgan fingerprint density at radius 1 is 1.42 bits per heavy atom. The van der Waals surface area contributed by atoms with Crippen molar-refractivity contribution >= 4 is 21.6 Å². The number of nitrogens with one attached hydrogen (secondary N) is 1. The number of hydrogen-bond donors (Lipinski definition) is 1. The number of rotatable bonds is 5. The molecule has 1 aromatic heterocycles. The van der Waals surface area contributed by atoms with E-state index < -0.39 is 0 Å². The largest absolute Gasteiger partial charge is 0.378 e. The second-order valence-corrected chi connectivity index (χ2v) is 5.38. The average molecular weight is 326 g/mol. The highest BCUT2D eigenvalue weighted by atomic mass is 79.9. The van der Waals surface area contributed by atoms with Crippen LogP contribution in [0.1, 0.15) is 32.0 Å². The number of anilines is 1. The van der Waals surface area contributed by atoms with E-state index in [1.807, 2.05) is 16.9 Å². The van der Waals surface area contributed by atoms with Crippen LogP contribution in [0.5, 0.6) is 0 Å². The minimum atomic E-state index is -0.254. The molecule has 0 amide bonds. The topological polar surface area (TPSA) is 29.9 Å². The lowest BCUT2D eigenvalue weighted by Crippen LogP contribution is -2.06. The number of aromatic nitrogens is 2. The Kier molecular flexibility index (Phi) is 4.58. The zero-order chi connectivity index (χ0) is 13.8. The van der Waals surface area contributed by atoms with E-state index in [1.54, 1.807) is 6.07 Å². The molecule has 1 N–H and O–H groups in total. The van der Waals surface area contributed by atoms with Crippen LogP contribution < -0.4 is 5.32 Å². The van der Waals surface area contributed by atoms with Crippen molar-refractivity contribution in [1.82, 2.24) is 9.78 Å². The first-order valence-electron chi connectivity index (χ1n) is 6.33. The van der Waals surface area contributed by atoms with Gasteiger partial charge in [0.05, 0.1) is 17.9 Å². The Labute approximate surface area is 121 Å². The van der Waals surface area contributed by atoms with Crippen LogP contribution in [0.15, 0.2) is 34.9 Å². The lowest BCUT2D eigenvalue weighted by Gasteiger charge is -2.09. The highest BCUT2D eigenvalue weighted by Gasteiger charge is 2.06. The molecule has 0 bridgehead atoms. The fraction of sp³-hybridized carbons (Fsp3) is 0.357. The normalized spacial score (nSPS) is 12.4. The summed E-state index contributed by atoms with van der Waals surface area (Å²) in [5.74, 6) is -0.254. The van der Waals surface area contributed by atoms with Crippen molar-refractivity contribution in [1.29, 1.82) is 0 Å². The summed E-state index contributed by atoms with van der Waals surface area (Å²) >= 11 is 3.39. The molecule has 3 nitrogen and oxygen atoms in total. The lowest BCUT2D eigenvalue weighted by molar-refractivity contribution is 0.474. The van der Waals surface area contributed by atoms with Gasteiger partial charge in [-0.3, -0.25) is 4.68 Å². The van der Waals surface area contributed by atoms with Gasteiger partial charge in [0, 0.05) is 16.7 Å². The third kappa shape index (κ3) is 3.56. The minimum Gasteiger partial charge on any atom is -0.378 e. The van der Waals surface area contributed by atoms with Gasteiger partial charge in [0.2, 0.25) is 0 Å². The van der Waals surface area contributed by atoms with Crippen LogP contribution in [0.4, 0.5) is 10.1 Å². The lowest BCUT2D eigenvalue weighted by atomic mass is 10.3. The molecular weight excluding hydrogens is 309 g/mol. The predicted molar refractivity (Wildman–Crippen MR) is 78.7 cm³/mol. The van der Waals surface area contributed by atoms with Crippen LogP contribution in [0.2, 0.25) is 0 Å². The second-order valence-electron chi connectivity index (χ2n) is 4.52. The Hall–Kier alpha value is -1.36. The van der Waals surface area contributed by atoms with Gasteiger partial charge >= 0.3 is 0 Å². The summed E-state index contributed by atoms with van der Waals surface area (Å²) in [6.45, 7) is 4.84. The summed E-state index contributed by atoms with van der Waals surface area (Å²) < 4.78 is 15.9. The zero-order valence-corrected chi connectivity index (χ0v) is 12.6. The van der Waals surface area contributed by atoms with Gasteiger partial charge in [0.1, 0.15) is 5.82 Å². The molecule has 2 rings (SSSR count). The predicted octanol–water partition coefficient (Wildman–Crippen LogP) is 4.37. The van der Waals surface area contributed by atoms with Crippen molar-refractivity contribution < 1.29 is 4.39 Å². The molecule has 0 fully saturated rings. The Bertz CT molecular complexity index is 553. The van der Waals surface area contributed by atoms with Gasteiger partial charge in [-0.1, -0.05) is 6.92 Å². The van der Waals surface area contributed by atoms with E-state index in [1.165, 1.54) is 12.1 Å². The monoisotopic (exact) mass is 325 g/mol. The van der Waals surface area contributed by atoms with Crippen molar-refractivity contribution in [2.24, 2.45) is 0 Å². The van der Waals surface area contributed by atoms with Gasteiger partial charge in [-0.2, -0.15) is 5.10 Å². The molecule has 0 aliphatic heterocycles. The highest BCUT2D eigenvalue weighted by Crippen LogP contribution is 2.23. The standard InChI is InChI=1S/C14H17BrFN3/c1-3-10(2)19-7-6-12(18-19)9-17-14-8-11(16)4-5-13(14)15/h4-8,10,17H,3,9H2,1-2H3. The summed E-state index contributed by atoms with van der Waals surface area (Å²) in [5.41, 5.74) is 1.68.